The molecule has 33 heavy (non-hydrogen) atoms. The first-order chi connectivity index (χ1) is 15.8. The first kappa shape index (κ1) is 24.9. The van der Waals surface area contributed by atoms with E-state index in [2.05, 4.69) is 4.72 Å². The first-order valence-electron chi connectivity index (χ1n) is 10.7. The highest BCUT2D eigenvalue weighted by atomic mass is 35.5. The van der Waals surface area contributed by atoms with Gasteiger partial charge in [-0.05, 0) is 56.2 Å². The SMILES string of the molecule is CCOC(=O)c1cc(NS(=O)(=O)c2ccc(OC)c(C(=O)N3CCCCCC3)c2)ccc1Cl. The summed E-state index contributed by atoms with van der Waals surface area (Å²) in [4.78, 5) is 26.9. The van der Waals surface area contributed by atoms with Gasteiger partial charge in [-0.25, -0.2) is 13.2 Å². The molecule has 0 bridgehead atoms. The quantitative estimate of drug-likeness (QED) is 0.574. The molecule has 1 fully saturated rings. The van der Waals surface area contributed by atoms with Crippen molar-refractivity contribution >= 4 is 39.2 Å². The first-order valence-corrected chi connectivity index (χ1v) is 12.6. The van der Waals surface area contributed by atoms with Crippen molar-refractivity contribution in [2.75, 3.05) is 31.5 Å². The maximum atomic E-state index is 13.2. The van der Waals surface area contributed by atoms with Gasteiger partial charge < -0.3 is 14.4 Å². The van der Waals surface area contributed by atoms with E-state index >= 15 is 0 Å². The molecule has 8 nitrogen and oxygen atoms in total. The van der Waals surface area contributed by atoms with Crippen LogP contribution in [0.25, 0.3) is 0 Å². The summed E-state index contributed by atoms with van der Waals surface area (Å²) in [7, 11) is -2.64. The fraction of sp³-hybridized carbons (Fsp3) is 0.391. The summed E-state index contributed by atoms with van der Waals surface area (Å²) in [6.45, 7) is 3.06. The average Bonchev–Trinajstić information content (AvgIpc) is 3.09. The molecule has 178 valence electrons. The molecule has 0 aliphatic carbocycles. The third kappa shape index (κ3) is 5.97. The molecule has 0 radical (unpaired) electrons. The maximum Gasteiger partial charge on any atom is 0.339 e. The summed E-state index contributed by atoms with van der Waals surface area (Å²) in [6, 6.07) is 8.30. The van der Waals surface area contributed by atoms with Crippen molar-refractivity contribution < 1.29 is 27.5 Å². The van der Waals surface area contributed by atoms with Gasteiger partial charge in [-0.3, -0.25) is 9.52 Å². The molecule has 0 spiro atoms. The van der Waals surface area contributed by atoms with Crippen molar-refractivity contribution in [1.29, 1.82) is 0 Å². The van der Waals surface area contributed by atoms with E-state index in [1.807, 2.05) is 0 Å². The molecule has 0 atom stereocenters. The van der Waals surface area contributed by atoms with Crippen LogP contribution in [-0.2, 0) is 14.8 Å². The predicted molar refractivity (Wildman–Crippen MR) is 126 cm³/mol. The number of halogens is 1. The molecule has 1 aliphatic rings. The zero-order valence-electron chi connectivity index (χ0n) is 18.6. The monoisotopic (exact) mass is 494 g/mol. The molecule has 10 heteroatoms. The summed E-state index contributed by atoms with van der Waals surface area (Å²) in [5.41, 5.74) is 0.370. The molecular weight excluding hydrogens is 468 g/mol. The van der Waals surface area contributed by atoms with E-state index in [9.17, 15) is 18.0 Å². The summed E-state index contributed by atoms with van der Waals surface area (Å²) < 4.78 is 38.9. The van der Waals surface area contributed by atoms with Crippen LogP contribution < -0.4 is 9.46 Å². The number of nitrogens with zero attached hydrogens (tertiary/aromatic N) is 1. The summed E-state index contributed by atoms with van der Waals surface area (Å²) in [5.74, 6) is -0.612. The summed E-state index contributed by atoms with van der Waals surface area (Å²) >= 11 is 6.06. The van der Waals surface area contributed by atoms with Crippen molar-refractivity contribution in [3.63, 3.8) is 0 Å². The second-order valence-corrected chi connectivity index (χ2v) is 9.68. The van der Waals surface area contributed by atoms with Crippen LogP contribution in [-0.4, -0.2) is 52.0 Å². The highest BCUT2D eigenvalue weighted by molar-refractivity contribution is 7.92. The zero-order valence-corrected chi connectivity index (χ0v) is 20.2. The number of nitrogens with one attached hydrogen (secondary N) is 1. The lowest BCUT2D eigenvalue weighted by Gasteiger charge is -2.22. The van der Waals surface area contributed by atoms with Gasteiger partial charge in [0.25, 0.3) is 15.9 Å². The molecule has 1 amide bonds. The molecule has 2 aromatic carbocycles. The molecular formula is C23H27ClN2O6S. The average molecular weight is 495 g/mol. The molecule has 2 aromatic rings. The van der Waals surface area contributed by atoms with E-state index in [1.54, 1.807) is 11.8 Å². The Balaban J connectivity index is 1.91. The second kappa shape index (κ2) is 10.9. The van der Waals surface area contributed by atoms with E-state index in [0.717, 1.165) is 25.7 Å². The Morgan fingerprint density at radius 3 is 2.36 bits per heavy atom. The third-order valence-corrected chi connectivity index (χ3v) is 7.03. The fourth-order valence-corrected chi connectivity index (χ4v) is 4.90. The lowest BCUT2D eigenvalue weighted by atomic mass is 10.1. The molecule has 1 heterocycles. The maximum absolute atomic E-state index is 13.2. The van der Waals surface area contributed by atoms with Gasteiger partial charge in [0.2, 0.25) is 0 Å². The minimum Gasteiger partial charge on any atom is -0.496 e. The van der Waals surface area contributed by atoms with E-state index < -0.39 is 16.0 Å². The van der Waals surface area contributed by atoms with Gasteiger partial charge >= 0.3 is 5.97 Å². The number of likely N-dealkylation sites (tertiary alicyclic amines) is 1. The minimum atomic E-state index is -4.07. The standard InChI is InChI=1S/C23H27ClN2O6S/c1-3-32-23(28)18-14-16(8-10-20(18)24)25-33(29,30)17-9-11-21(31-2)19(15-17)22(27)26-12-6-4-5-7-13-26/h8-11,14-15,25H,3-7,12-13H2,1-2H3. The van der Waals surface area contributed by atoms with Crippen LogP contribution in [0.2, 0.25) is 5.02 Å². The van der Waals surface area contributed by atoms with Crippen molar-refractivity contribution in [2.24, 2.45) is 0 Å². The summed E-state index contributed by atoms with van der Waals surface area (Å²) in [6.07, 6.45) is 3.95. The van der Waals surface area contributed by atoms with Gasteiger partial charge in [0.1, 0.15) is 5.75 Å². The van der Waals surface area contributed by atoms with Crippen LogP contribution in [0.3, 0.4) is 0 Å². The number of benzene rings is 2. The number of carbonyl (C=O) groups excluding carboxylic acids is 2. The van der Waals surface area contributed by atoms with Crippen LogP contribution in [0.4, 0.5) is 5.69 Å². The minimum absolute atomic E-state index is 0.0467. The number of sulfonamides is 1. The number of ether oxygens (including phenoxy) is 2. The van der Waals surface area contributed by atoms with Gasteiger partial charge in [0.15, 0.2) is 0 Å². The normalized spacial score (nSPS) is 14.3. The van der Waals surface area contributed by atoms with E-state index in [4.69, 9.17) is 21.1 Å². The molecule has 0 aromatic heterocycles. The largest absolute Gasteiger partial charge is 0.496 e. The molecule has 1 aliphatic heterocycles. The molecule has 3 rings (SSSR count). The van der Waals surface area contributed by atoms with Crippen molar-refractivity contribution in [2.45, 2.75) is 37.5 Å². The molecule has 1 N–H and O–H groups in total. The number of anilines is 1. The number of hydrogen-bond acceptors (Lipinski definition) is 6. The van der Waals surface area contributed by atoms with Gasteiger partial charge in [-0.15, -0.1) is 0 Å². The highest BCUT2D eigenvalue weighted by Gasteiger charge is 2.24. The Hall–Kier alpha value is -2.78. The highest BCUT2D eigenvalue weighted by Crippen LogP contribution is 2.28. The zero-order chi connectivity index (χ0) is 24.0. The Morgan fingerprint density at radius 1 is 1.03 bits per heavy atom. The Kier molecular flexibility index (Phi) is 8.20. The number of rotatable bonds is 7. The summed E-state index contributed by atoms with van der Waals surface area (Å²) in [5, 5.41) is 0.145. The van der Waals surface area contributed by atoms with Crippen molar-refractivity contribution in [3.8, 4) is 5.75 Å². The molecule has 0 unspecified atom stereocenters. The van der Waals surface area contributed by atoms with Crippen LogP contribution in [0.1, 0.15) is 53.3 Å². The number of esters is 1. The fourth-order valence-electron chi connectivity index (χ4n) is 3.63. The number of methoxy groups -OCH3 is 1. The second-order valence-electron chi connectivity index (χ2n) is 7.59. The smallest absolute Gasteiger partial charge is 0.339 e. The Bertz CT molecular complexity index is 1130. The van der Waals surface area contributed by atoms with Gasteiger partial charge in [-0.1, -0.05) is 24.4 Å². The Labute approximate surface area is 198 Å². The Morgan fingerprint density at radius 2 is 1.73 bits per heavy atom. The van der Waals surface area contributed by atoms with Gasteiger partial charge in [-0.2, -0.15) is 0 Å². The number of amides is 1. The van der Waals surface area contributed by atoms with Crippen molar-refractivity contribution in [1.82, 2.24) is 4.90 Å². The number of carbonyl (C=O) groups is 2. The molecule has 0 saturated carbocycles. The van der Waals surface area contributed by atoms with Gasteiger partial charge in [0.05, 0.1) is 34.8 Å². The predicted octanol–water partition coefficient (Wildman–Crippen LogP) is 4.34. The lowest BCUT2D eigenvalue weighted by molar-refractivity contribution is 0.0526. The molecule has 1 saturated heterocycles. The van der Waals surface area contributed by atoms with Crippen LogP contribution in [0, 0.1) is 0 Å². The van der Waals surface area contributed by atoms with Crippen LogP contribution >= 0.6 is 11.6 Å². The topological polar surface area (TPSA) is 102 Å². The van der Waals surface area contributed by atoms with Crippen LogP contribution in [0.15, 0.2) is 41.3 Å². The van der Waals surface area contributed by atoms with E-state index in [1.165, 1.54) is 43.5 Å². The number of hydrogen-bond donors (Lipinski definition) is 1. The lowest BCUT2D eigenvalue weighted by Crippen LogP contribution is -2.32. The van der Waals surface area contributed by atoms with E-state index in [-0.39, 0.29) is 39.2 Å². The van der Waals surface area contributed by atoms with Crippen molar-refractivity contribution in [3.05, 3.63) is 52.5 Å². The third-order valence-electron chi connectivity index (χ3n) is 5.32. The van der Waals surface area contributed by atoms with E-state index in [0.29, 0.717) is 18.8 Å². The van der Waals surface area contributed by atoms with Crippen LogP contribution in [0.5, 0.6) is 5.75 Å². The van der Waals surface area contributed by atoms with Gasteiger partial charge in [0, 0.05) is 18.8 Å².